The van der Waals surface area contributed by atoms with Gasteiger partial charge in [0.1, 0.15) is 4.99 Å². The van der Waals surface area contributed by atoms with Gasteiger partial charge in [0.05, 0.1) is 17.3 Å². The molecule has 1 aromatic carbocycles. The second kappa shape index (κ2) is 5.18. The molecule has 100 valence electrons. The van der Waals surface area contributed by atoms with Crippen molar-refractivity contribution in [2.45, 2.75) is 6.18 Å². The van der Waals surface area contributed by atoms with Gasteiger partial charge in [0.2, 0.25) is 5.22 Å². The van der Waals surface area contributed by atoms with Crippen molar-refractivity contribution in [1.29, 1.82) is 0 Å². The van der Waals surface area contributed by atoms with Crippen molar-refractivity contribution < 1.29 is 17.7 Å². The van der Waals surface area contributed by atoms with Crippen molar-refractivity contribution in [1.82, 2.24) is 5.16 Å². The summed E-state index contributed by atoms with van der Waals surface area (Å²) in [6, 6.07) is 4.47. The fraction of sp³-hybridized carbons (Fsp3) is 0.0909. The van der Waals surface area contributed by atoms with E-state index >= 15 is 0 Å². The van der Waals surface area contributed by atoms with Gasteiger partial charge in [-0.15, -0.1) is 0 Å². The Morgan fingerprint density at radius 3 is 2.37 bits per heavy atom. The summed E-state index contributed by atoms with van der Waals surface area (Å²) in [5.74, 6) is 0. The lowest BCUT2D eigenvalue weighted by Crippen LogP contribution is -2.10. The number of nitrogens with zero attached hydrogens (tertiary/aromatic N) is 1. The molecule has 1 heterocycles. The van der Waals surface area contributed by atoms with Crippen molar-refractivity contribution in [3.8, 4) is 0 Å². The smallest absolute Gasteiger partial charge is 0.346 e. The van der Waals surface area contributed by atoms with Gasteiger partial charge in [-0.1, -0.05) is 17.4 Å². The molecule has 1 N–H and O–H groups in total. The lowest BCUT2D eigenvalue weighted by Gasteiger charge is -2.09. The number of hydrogen-bond donors (Lipinski definition) is 1. The van der Waals surface area contributed by atoms with Gasteiger partial charge < -0.3 is 9.84 Å². The molecule has 0 bridgehead atoms. The quantitative estimate of drug-likeness (QED) is 0.847. The van der Waals surface area contributed by atoms with Crippen LogP contribution in [0.5, 0.6) is 0 Å². The lowest BCUT2D eigenvalue weighted by molar-refractivity contribution is -0.137. The van der Waals surface area contributed by atoms with Gasteiger partial charge in [-0.3, -0.25) is 0 Å². The van der Waals surface area contributed by atoms with Crippen LogP contribution in [0.1, 0.15) is 11.1 Å². The average molecular weight is 307 g/mol. The molecule has 0 fully saturated rings. The summed E-state index contributed by atoms with van der Waals surface area (Å²) in [6.45, 7) is 0. The largest absolute Gasteiger partial charge is 0.416 e. The molecule has 1 aromatic heterocycles. The lowest BCUT2D eigenvalue weighted by atomic mass is 10.2. The summed E-state index contributed by atoms with van der Waals surface area (Å²) in [5, 5.41) is 6.21. The topological polar surface area (TPSA) is 38.1 Å². The molecule has 3 nitrogen and oxygen atoms in total. The molecule has 0 aliphatic carbocycles. The molecule has 19 heavy (non-hydrogen) atoms. The van der Waals surface area contributed by atoms with Gasteiger partial charge in [0, 0.05) is 5.69 Å². The van der Waals surface area contributed by atoms with E-state index in [1.807, 2.05) is 0 Å². The third kappa shape index (κ3) is 3.24. The Morgan fingerprint density at radius 2 is 1.89 bits per heavy atom. The van der Waals surface area contributed by atoms with Crippen LogP contribution < -0.4 is 5.32 Å². The summed E-state index contributed by atoms with van der Waals surface area (Å²) in [7, 11) is 0. The molecule has 2 aromatic rings. The highest BCUT2D eigenvalue weighted by Gasteiger charge is 2.29. The Morgan fingerprint density at radius 1 is 1.26 bits per heavy atom. The summed E-state index contributed by atoms with van der Waals surface area (Å²) in [5.41, 5.74) is 0.0545. The predicted molar refractivity (Wildman–Crippen MR) is 68.3 cm³/mol. The summed E-state index contributed by atoms with van der Waals surface area (Å²) in [4.78, 5) is 0.214. The zero-order valence-corrected chi connectivity index (χ0v) is 10.7. The minimum atomic E-state index is -4.36. The van der Waals surface area contributed by atoms with E-state index < -0.39 is 11.7 Å². The van der Waals surface area contributed by atoms with Crippen LogP contribution in [0.2, 0.25) is 5.22 Å². The third-order valence-electron chi connectivity index (χ3n) is 2.24. The fourth-order valence-corrected chi connectivity index (χ4v) is 1.82. The predicted octanol–water partition coefficient (Wildman–Crippen LogP) is 4.13. The number of aromatic nitrogens is 1. The highest BCUT2D eigenvalue weighted by Crippen LogP contribution is 2.30. The molecule has 0 spiro atoms. The van der Waals surface area contributed by atoms with Crippen molar-refractivity contribution in [2.75, 3.05) is 5.32 Å². The Kier molecular flexibility index (Phi) is 3.77. The molecule has 0 saturated carbocycles. The van der Waals surface area contributed by atoms with E-state index in [0.717, 1.165) is 12.1 Å². The Bertz CT molecular complexity index is 595. The molecular weight excluding hydrogens is 301 g/mol. The highest BCUT2D eigenvalue weighted by molar-refractivity contribution is 7.81. The first kappa shape index (κ1) is 13.8. The second-order valence-corrected chi connectivity index (χ2v) is 4.29. The Labute approximate surface area is 116 Å². The average Bonchev–Trinajstić information content (AvgIpc) is 2.75. The van der Waals surface area contributed by atoms with Crippen LogP contribution in [0.4, 0.5) is 18.9 Å². The number of nitrogens with one attached hydrogen (secondary N) is 1. The number of rotatable bonds is 2. The highest BCUT2D eigenvalue weighted by atomic mass is 35.5. The maximum Gasteiger partial charge on any atom is 0.416 e. The first-order chi connectivity index (χ1) is 8.88. The van der Waals surface area contributed by atoms with Gasteiger partial charge in [0.15, 0.2) is 0 Å². The summed E-state index contributed by atoms with van der Waals surface area (Å²) < 4.78 is 41.7. The maximum atomic E-state index is 12.4. The van der Waals surface area contributed by atoms with Gasteiger partial charge in [-0.25, -0.2) is 0 Å². The van der Waals surface area contributed by atoms with Crippen LogP contribution >= 0.6 is 23.8 Å². The molecular formula is C11H6ClF3N2OS. The molecule has 8 heteroatoms. The second-order valence-electron chi connectivity index (χ2n) is 3.54. The van der Waals surface area contributed by atoms with Gasteiger partial charge >= 0.3 is 6.18 Å². The van der Waals surface area contributed by atoms with E-state index in [4.69, 9.17) is 23.8 Å². The summed E-state index contributed by atoms with van der Waals surface area (Å²) in [6.07, 6.45) is -3.04. The number of hydrogen-bond acceptors (Lipinski definition) is 3. The van der Waals surface area contributed by atoms with Crippen LogP contribution in [-0.4, -0.2) is 10.1 Å². The Hall–Kier alpha value is -1.60. The van der Waals surface area contributed by atoms with E-state index in [-0.39, 0.29) is 10.2 Å². The molecule has 0 saturated heterocycles. The van der Waals surface area contributed by atoms with Crippen molar-refractivity contribution >= 4 is 34.5 Å². The van der Waals surface area contributed by atoms with Crippen LogP contribution in [0, 0.1) is 0 Å². The zero-order chi connectivity index (χ0) is 14.0. The number of benzene rings is 1. The molecule has 0 aliphatic heterocycles. The van der Waals surface area contributed by atoms with E-state index in [1.54, 1.807) is 0 Å². The van der Waals surface area contributed by atoms with E-state index in [1.165, 1.54) is 18.3 Å². The van der Waals surface area contributed by atoms with E-state index in [9.17, 15) is 13.2 Å². The monoisotopic (exact) mass is 306 g/mol. The van der Waals surface area contributed by atoms with Gasteiger partial charge in [-0.2, -0.15) is 13.2 Å². The van der Waals surface area contributed by atoms with Crippen molar-refractivity contribution in [3.63, 3.8) is 0 Å². The normalized spacial score (nSPS) is 11.4. The van der Waals surface area contributed by atoms with E-state index in [0.29, 0.717) is 11.3 Å². The van der Waals surface area contributed by atoms with Crippen LogP contribution in [0.3, 0.4) is 0 Å². The Balaban J connectivity index is 2.12. The maximum absolute atomic E-state index is 12.4. The van der Waals surface area contributed by atoms with Gasteiger partial charge in [-0.05, 0) is 35.9 Å². The molecule has 0 aliphatic rings. The van der Waals surface area contributed by atoms with Gasteiger partial charge in [0.25, 0.3) is 0 Å². The fourth-order valence-electron chi connectivity index (χ4n) is 1.31. The first-order valence-corrected chi connectivity index (χ1v) is 5.75. The number of anilines is 1. The molecule has 0 unspecified atom stereocenters. The zero-order valence-electron chi connectivity index (χ0n) is 9.16. The minimum Gasteiger partial charge on any atom is -0.346 e. The number of halogens is 4. The van der Waals surface area contributed by atoms with E-state index in [2.05, 4.69) is 15.0 Å². The number of thiocarbonyl (C=S) groups is 1. The third-order valence-corrected chi connectivity index (χ3v) is 2.84. The standard InChI is InChI=1S/C11H6ClF3N2OS/c12-9-8(5-16-18-9)10(19)17-7-3-1-6(2-4-7)11(13,14)15/h1-5H,(H,17,19). The number of alkyl halides is 3. The minimum absolute atomic E-state index is 0.0180. The van der Waals surface area contributed by atoms with Crippen LogP contribution in [0.25, 0.3) is 0 Å². The SMILES string of the molecule is FC(F)(F)c1ccc(NC(=S)c2cnoc2Cl)cc1. The molecule has 0 radical (unpaired) electrons. The van der Waals surface area contributed by atoms with Crippen molar-refractivity contribution in [3.05, 3.63) is 46.8 Å². The van der Waals surface area contributed by atoms with Crippen LogP contribution in [0.15, 0.2) is 35.0 Å². The summed E-state index contributed by atoms with van der Waals surface area (Å²) >= 11 is 10.7. The molecule has 0 amide bonds. The van der Waals surface area contributed by atoms with Crippen LogP contribution in [-0.2, 0) is 6.18 Å². The first-order valence-electron chi connectivity index (χ1n) is 4.96. The van der Waals surface area contributed by atoms with Crippen molar-refractivity contribution in [2.24, 2.45) is 0 Å². The molecule has 2 rings (SSSR count). The molecule has 0 atom stereocenters.